The summed E-state index contributed by atoms with van der Waals surface area (Å²) in [5.41, 5.74) is 6.50. The number of hydrogen-bond donors (Lipinski definition) is 3. The van der Waals surface area contributed by atoms with Crippen molar-refractivity contribution in [2.24, 2.45) is 5.73 Å². The van der Waals surface area contributed by atoms with Crippen molar-refractivity contribution in [1.82, 2.24) is 4.90 Å². The lowest BCUT2D eigenvalue weighted by Crippen LogP contribution is -2.37. The maximum Gasteiger partial charge on any atom is 0.115 e. The normalized spacial score (nSPS) is 22.5. The van der Waals surface area contributed by atoms with Gasteiger partial charge in [-0.05, 0) is 63.5 Å². The summed E-state index contributed by atoms with van der Waals surface area (Å²) in [7, 11) is 2.21. The summed E-state index contributed by atoms with van der Waals surface area (Å²) in [5, 5.41) is 17.7. The second kappa shape index (κ2) is 9.82. The molecule has 4 nitrogen and oxygen atoms in total. The van der Waals surface area contributed by atoms with Crippen molar-refractivity contribution < 1.29 is 10.2 Å². The second-order valence-electron chi connectivity index (χ2n) is 6.24. The molecular weight excluding hydrogens is 276 g/mol. The predicted molar refractivity (Wildman–Crippen MR) is 92.2 cm³/mol. The van der Waals surface area contributed by atoms with E-state index in [-0.39, 0.29) is 12.0 Å². The number of likely N-dealkylation sites (tertiary alicyclic amines) is 1. The fourth-order valence-electron chi connectivity index (χ4n) is 3.18. The molecule has 126 valence electrons. The van der Waals surface area contributed by atoms with Crippen LogP contribution in [-0.2, 0) is 5.41 Å². The van der Waals surface area contributed by atoms with Crippen molar-refractivity contribution in [2.75, 3.05) is 33.3 Å². The van der Waals surface area contributed by atoms with Gasteiger partial charge < -0.3 is 20.8 Å². The SMILES string of the molecule is CCC1(c2cccc(O)c2)CCCCN(C)C1.NCCCO. The van der Waals surface area contributed by atoms with E-state index in [4.69, 9.17) is 10.8 Å². The largest absolute Gasteiger partial charge is 0.508 e. The summed E-state index contributed by atoms with van der Waals surface area (Å²) in [4.78, 5) is 2.43. The van der Waals surface area contributed by atoms with Gasteiger partial charge in [-0.2, -0.15) is 0 Å². The summed E-state index contributed by atoms with van der Waals surface area (Å²) in [6.45, 7) is 5.38. The summed E-state index contributed by atoms with van der Waals surface area (Å²) in [6, 6.07) is 7.84. The molecule has 1 aromatic rings. The van der Waals surface area contributed by atoms with Gasteiger partial charge in [0.1, 0.15) is 5.75 Å². The van der Waals surface area contributed by atoms with Gasteiger partial charge in [-0.1, -0.05) is 25.5 Å². The quantitative estimate of drug-likeness (QED) is 0.799. The molecule has 1 fully saturated rings. The van der Waals surface area contributed by atoms with Crippen LogP contribution in [0.3, 0.4) is 0 Å². The predicted octanol–water partition coefficient (Wildman–Crippen LogP) is 2.48. The number of aliphatic hydroxyl groups is 1. The van der Waals surface area contributed by atoms with Gasteiger partial charge in [0.15, 0.2) is 0 Å². The fraction of sp³-hybridized carbons (Fsp3) is 0.667. The Morgan fingerprint density at radius 1 is 1.32 bits per heavy atom. The van der Waals surface area contributed by atoms with E-state index in [1.165, 1.54) is 31.4 Å². The molecular formula is C18H32N2O2. The molecule has 0 spiro atoms. The van der Waals surface area contributed by atoms with Gasteiger partial charge in [-0.15, -0.1) is 0 Å². The first kappa shape index (κ1) is 18.9. The molecule has 1 unspecified atom stereocenters. The lowest BCUT2D eigenvalue weighted by Gasteiger charge is -2.35. The zero-order chi connectivity index (χ0) is 16.4. The summed E-state index contributed by atoms with van der Waals surface area (Å²) in [6.07, 6.45) is 5.67. The average molecular weight is 308 g/mol. The molecule has 4 N–H and O–H groups in total. The molecule has 1 atom stereocenters. The minimum Gasteiger partial charge on any atom is -0.508 e. The van der Waals surface area contributed by atoms with Crippen molar-refractivity contribution >= 4 is 0 Å². The van der Waals surface area contributed by atoms with Gasteiger partial charge in [0.2, 0.25) is 0 Å². The molecule has 0 saturated carbocycles. The van der Waals surface area contributed by atoms with E-state index in [0.29, 0.717) is 12.3 Å². The van der Waals surface area contributed by atoms with Crippen LogP contribution in [0.1, 0.15) is 44.6 Å². The van der Waals surface area contributed by atoms with Crippen LogP contribution in [0.5, 0.6) is 5.75 Å². The Balaban J connectivity index is 0.000000422. The number of aliphatic hydroxyl groups excluding tert-OH is 1. The smallest absolute Gasteiger partial charge is 0.115 e. The molecule has 0 aliphatic carbocycles. The molecule has 1 aliphatic heterocycles. The standard InChI is InChI=1S/C15H23NO.C3H9NO/c1-3-15(9-4-5-10-16(2)12-15)13-7-6-8-14(17)11-13;4-2-1-3-5/h6-8,11,17H,3-5,9-10,12H2,1-2H3;5H,1-4H2. The molecule has 1 aliphatic rings. The highest BCUT2D eigenvalue weighted by Gasteiger charge is 2.33. The molecule has 2 rings (SSSR count). The van der Waals surface area contributed by atoms with Crippen LogP contribution in [0, 0.1) is 0 Å². The topological polar surface area (TPSA) is 69.7 Å². The highest BCUT2D eigenvalue weighted by molar-refractivity contribution is 5.33. The van der Waals surface area contributed by atoms with Gasteiger partial charge in [-0.3, -0.25) is 0 Å². The van der Waals surface area contributed by atoms with Crippen molar-refractivity contribution in [3.05, 3.63) is 29.8 Å². The van der Waals surface area contributed by atoms with Crippen LogP contribution in [0.15, 0.2) is 24.3 Å². The van der Waals surface area contributed by atoms with Crippen molar-refractivity contribution in [1.29, 1.82) is 0 Å². The zero-order valence-corrected chi connectivity index (χ0v) is 14.1. The van der Waals surface area contributed by atoms with Crippen LogP contribution < -0.4 is 5.73 Å². The van der Waals surface area contributed by atoms with Crippen LogP contribution in [0.4, 0.5) is 0 Å². The number of phenols is 1. The van der Waals surface area contributed by atoms with Gasteiger partial charge in [0, 0.05) is 18.6 Å². The first-order valence-corrected chi connectivity index (χ1v) is 8.37. The Morgan fingerprint density at radius 3 is 2.64 bits per heavy atom. The Labute approximate surface area is 134 Å². The second-order valence-corrected chi connectivity index (χ2v) is 6.24. The molecule has 1 aromatic carbocycles. The molecule has 0 radical (unpaired) electrons. The van der Waals surface area contributed by atoms with Crippen LogP contribution in [0.2, 0.25) is 0 Å². The maximum atomic E-state index is 9.68. The number of aromatic hydroxyl groups is 1. The monoisotopic (exact) mass is 308 g/mol. The lowest BCUT2D eigenvalue weighted by molar-refractivity contribution is 0.256. The summed E-state index contributed by atoms with van der Waals surface area (Å²) >= 11 is 0. The Bertz CT molecular complexity index is 423. The highest BCUT2D eigenvalue weighted by Crippen LogP contribution is 2.37. The van der Waals surface area contributed by atoms with Gasteiger partial charge >= 0.3 is 0 Å². The number of nitrogens with two attached hydrogens (primary N) is 1. The van der Waals surface area contributed by atoms with Gasteiger partial charge in [-0.25, -0.2) is 0 Å². The average Bonchev–Trinajstić information content (AvgIpc) is 2.71. The Kier molecular flexibility index (Phi) is 8.46. The lowest BCUT2D eigenvalue weighted by atomic mass is 9.74. The van der Waals surface area contributed by atoms with Gasteiger partial charge in [0.25, 0.3) is 0 Å². The van der Waals surface area contributed by atoms with E-state index in [1.54, 1.807) is 6.07 Å². The molecule has 0 amide bonds. The molecule has 1 saturated heterocycles. The number of rotatable bonds is 4. The van der Waals surface area contributed by atoms with Crippen LogP contribution in [0.25, 0.3) is 0 Å². The van der Waals surface area contributed by atoms with Crippen LogP contribution in [-0.4, -0.2) is 48.4 Å². The number of nitrogens with zero attached hydrogens (tertiary/aromatic N) is 1. The minimum atomic E-state index is 0.219. The summed E-state index contributed by atoms with van der Waals surface area (Å²) in [5.74, 6) is 0.391. The van der Waals surface area contributed by atoms with E-state index in [0.717, 1.165) is 19.4 Å². The molecule has 1 heterocycles. The van der Waals surface area contributed by atoms with E-state index in [2.05, 4.69) is 24.9 Å². The first-order valence-electron chi connectivity index (χ1n) is 8.37. The van der Waals surface area contributed by atoms with E-state index in [1.807, 2.05) is 12.1 Å². The maximum absolute atomic E-state index is 9.68. The molecule has 4 heteroatoms. The third-order valence-corrected chi connectivity index (χ3v) is 4.52. The zero-order valence-electron chi connectivity index (χ0n) is 14.1. The summed E-state index contributed by atoms with van der Waals surface area (Å²) < 4.78 is 0. The first-order chi connectivity index (χ1) is 10.6. The van der Waals surface area contributed by atoms with Crippen molar-refractivity contribution in [3.8, 4) is 5.75 Å². The third-order valence-electron chi connectivity index (χ3n) is 4.52. The molecule has 0 aromatic heterocycles. The molecule has 0 bridgehead atoms. The highest BCUT2D eigenvalue weighted by atomic mass is 16.3. The number of hydrogen-bond acceptors (Lipinski definition) is 4. The Hall–Kier alpha value is -1.10. The molecule has 22 heavy (non-hydrogen) atoms. The van der Waals surface area contributed by atoms with E-state index in [9.17, 15) is 5.11 Å². The number of benzene rings is 1. The van der Waals surface area contributed by atoms with Gasteiger partial charge in [0.05, 0.1) is 0 Å². The Morgan fingerprint density at radius 2 is 2.09 bits per heavy atom. The van der Waals surface area contributed by atoms with Crippen molar-refractivity contribution in [3.63, 3.8) is 0 Å². The van der Waals surface area contributed by atoms with Crippen molar-refractivity contribution in [2.45, 2.75) is 44.4 Å². The van der Waals surface area contributed by atoms with E-state index < -0.39 is 0 Å². The fourth-order valence-corrected chi connectivity index (χ4v) is 3.18. The number of likely N-dealkylation sites (N-methyl/N-ethyl adjacent to an activating group) is 1. The minimum absolute atomic E-state index is 0.219. The number of phenolic OH excluding ortho intramolecular Hbond substituents is 1. The van der Waals surface area contributed by atoms with E-state index >= 15 is 0 Å². The van der Waals surface area contributed by atoms with Crippen LogP contribution >= 0.6 is 0 Å². The third kappa shape index (κ3) is 5.59.